The quantitative estimate of drug-likeness (QED) is 0.402. The summed E-state index contributed by atoms with van der Waals surface area (Å²) in [5, 5.41) is 0.666. The lowest BCUT2D eigenvalue weighted by atomic mass is 10.1. The molecule has 9 heteroatoms. The molecule has 1 fully saturated rings. The summed E-state index contributed by atoms with van der Waals surface area (Å²) < 4.78 is 11.8. The molecule has 0 bridgehead atoms. The molecular weight excluding hydrogens is 518 g/mol. The number of unbranched alkanes of at least 4 members (excludes halogenated alkanes) is 1. The van der Waals surface area contributed by atoms with Crippen LogP contribution in [0.3, 0.4) is 0 Å². The van der Waals surface area contributed by atoms with Gasteiger partial charge in [-0.1, -0.05) is 31.0 Å². The van der Waals surface area contributed by atoms with Crippen LogP contribution in [0.15, 0.2) is 50.8 Å². The van der Waals surface area contributed by atoms with Crippen LogP contribution in [0.4, 0.5) is 5.69 Å². The summed E-state index contributed by atoms with van der Waals surface area (Å²) in [4.78, 5) is 31.4. The Hall–Kier alpha value is -2.78. The highest BCUT2D eigenvalue weighted by Gasteiger charge is 2.33. The average Bonchev–Trinajstić information content (AvgIpc) is 3.07. The van der Waals surface area contributed by atoms with Crippen molar-refractivity contribution in [3.63, 3.8) is 0 Å². The van der Waals surface area contributed by atoms with Crippen LogP contribution in [0.2, 0.25) is 0 Å². The van der Waals surface area contributed by atoms with E-state index in [-0.39, 0.29) is 12.5 Å². The molecule has 1 saturated heterocycles. The Morgan fingerprint density at radius 1 is 1.21 bits per heavy atom. The maximum absolute atomic E-state index is 13.2. The van der Waals surface area contributed by atoms with Crippen molar-refractivity contribution >= 4 is 56.4 Å². The van der Waals surface area contributed by atoms with E-state index in [1.165, 1.54) is 11.8 Å². The van der Waals surface area contributed by atoms with Crippen LogP contribution in [-0.4, -0.2) is 41.6 Å². The molecular formula is C25H28BrN3O4S. The van der Waals surface area contributed by atoms with Crippen molar-refractivity contribution < 1.29 is 19.1 Å². The van der Waals surface area contributed by atoms with Crippen LogP contribution in [0.1, 0.15) is 37.8 Å². The Labute approximate surface area is 212 Å². The summed E-state index contributed by atoms with van der Waals surface area (Å²) in [5.41, 5.74) is 7.92. The van der Waals surface area contributed by atoms with Crippen molar-refractivity contribution in [2.45, 2.75) is 33.6 Å². The molecule has 2 amide bonds. The molecule has 1 heterocycles. The van der Waals surface area contributed by atoms with E-state index in [9.17, 15) is 9.59 Å². The van der Waals surface area contributed by atoms with Crippen molar-refractivity contribution in [2.75, 3.05) is 19.8 Å². The summed E-state index contributed by atoms with van der Waals surface area (Å²) >= 11 is 4.83. The van der Waals surface area contributed by atoms with Gasteiger partial charge in [-0.3, -0.25) is 14.5 Å². The van der Waals surface area contributed by atoms with Gasteiger partial charge in [0.05, 0.1) is 21.7 Å². The number of carbonyl (C=O) groups excluding carboxylic acids is 2. The smallest absolute Gasteiger partial charge is 0.266 e. The molecule has 1 aliphatic heterocycles. The van der Waals surface area contributed by atoms with E-state index >= 15 is 0 Å². The number of primary amides is 1. The zero-order chi connectivity index (χ0) is 24.7. The van der Waals surface area contributed by atoms with Gasteiger partial charge in [-0.2, -0.15) is 0 Å². The van der Waals surface area contributed by atoms with Gasteiger partial charge in [-0.25, -0.2) is 4.99 Å². The van der Waals surface area contributed by atoms with Crippen LogP contribution in [-0.2, 0) is 9.59 Å². The van der Waals surface area contributed by atoms with Gasteiger partial charge in [0.1, 0.15) is 0 Å². The second kappa shape index (κ2) is 12.1. The molecule has 0 atom stereocenters. The lowest BCUT2D eigenvalue weighted by Crippen LogP contribution is -2.30. The van der Waals surface area contributed by atoms with E-state index in [1.54, 1.807) is 11.0 Å². The molecule has 2 aromatic rings. The number of amides is 2. The third kappa shape index (κ3) is 6.64. The summed E-state index contributed by atoms with van der Waals surface area (Å²) in [5.74, 6) is 0.185. The number of rotatable bonds is 10. The molecule has 0 radical (unpaired) electrons. The van der Waals surface area contributed by atoms with Gasteiger partial charge in [0.2, 0.25) is 0 Å². The van der Waals surface area contributed by atoms with Crippen LogP contribution >= 0.6 is 27.7 Å². The number of thioether (sulfide) groups is 1. The monoisotopic (exact) mass is 545 g/mol. The molecule has 1 aliphatic rings. The SMILES string of the molecule is CCCCN1C(=O)/C(=C\c2cc(Br)c(OCC(N)=O)c(OCC)c2)SC1=Nc1ccc(C)cc1. The van der Waals surface area contributed by atoms with E-state index < -0.39 is 5.91 Å². The molecule has 2 N–H and O–H groups in total. The average molecular weight is 546 g/mol. The number of aliphatic imine (C=N–C) groups is 1. The lowest BCUT2D eigenvalue weighted by Gasteiger charge is -2.15. The molecule has 0 unspecified atom stereocenters. The molecule has 180 valence electrons. The van der Waals surface area contributed by atoms with Crippen LogP contribution in [0, 0.1) is 6.92 Å². The Morgan fingerprint density at radius 2 is 1.94 bits per heavy atom. The highest BCUT2D eigenvalue weighted by atomic mass is 79.9. The first kappa shape index (κ1) is 25.8. The molecule has 2 aromatic carbocycles. The van der Waals surface area contributed by atoms with Gasteiger partial charge >= 0.3 is 0 Å². The first-order valence-corrected chi connectivity index (χ1v) is 12.7. The number of hydrogen-bond donors (Lipinski definition) is 1. The topological polar surface area (TPSA) is 94.2 Å². The fourth-order valence-corrected chi connectivity index (χ4v) is 4.80. The van der Waals surface area contributed by atoms with Crippen molar-refractivity contribution in [3.05, 3.63) is 56.9 Å². The standard InChI is InChI=1S/C25H28BrN3O4S/c1-4-6-11-29-24(31)21(34-25(29)28-18-9-7-16(3)8-10-18)14-17-12-19(26)23(33-15-22(27)30)20(13-17)32-5-2/h7-10,12-14H,4-6,11,15H2,1-3H3,(H2,27,30)/b21-14+,28-25?. The second-order valence-electron chi connectivity index (χ2n) is 7.67. The summed E-state index contributed by atoms with van der Waals surface area (Å²) in [6, 6.07) is 11.5. The van der Waals surface area contributed by atoms with Crippen LogP contribution in [0.25, 0.3) is 6.08 Å². The molecule has 7 nitrogen and oxygen atoms in total. The van der Waals surface area contributed by atoms with E-state index in [0.29, 0.717) is 39.2 Å². The molecule has 0 aromatic heterocycles. The van der Waals surface area contributed by atoms with Gasteiger partial charge in [-0.05, 0) is 83.9 Å². The Balaban J connectivity index is 1.95. The van der Waals surface area contributed by atoms with Crippen LogP contribution in [0.5, 0.6) is 11.5 Å². The van der Waals surface area contributed by atoms with Gasteiger partial charge in [0.25, 0.3) is 11.8 Å². The van der Waals surface area contributed by atoms with Gasteiger partial charge in [0.15, 0.2) is 23.3 Å². The Kier molecular flexibility index (Phi) is 9.18. The number of halogens is 1. The Bertz CT molecular complexity index is 1120. The first-order valence-electron chi connectivity index (χ1n) is 11.1. The van der Waals surface area contributed by atoms with Gasteiger partial charge in [0, 0.05) is 6.54 Å². The zero-order valence-corrected chi connectivity index (χ0v) is 21.9. The summed E-state index contributed by atoms with van der Waals surface area (Å²) in [7, 11) is 0. The number of nitrogens with zero attached hydrogens (tertiary/aromatic N) is 2. The minimum Gasteiger partial charge on any atom is -0.490 e. The predicted molar refractivity (Wildman–Crippen MR) is 140 cm³/mol. The summed E-state index contributed by atoms with van der Waals surface area (Å²) in [6.45, 7) is 6.72. The number of aryl methyl sites for hydroxylation is 1. The van der Waals surface area contributed by atoms with E-state index in [0.717, 1.165) is 29.7 Å². The van der Waals surface area contributed by atoms with Crippen molar-refractivity contribution in [1.82, 2.24) is 4.90 Å². The third-order valence-corrected chi connectivity index (χ3v) is 6.47. The predicted octanol–water partition coefficient (Wildman–Crippen LogP) is 5.42. The number of carbonyl (C=O) groups is 2. The molecule has 0 aliphatic carbocycles. The number of benzene rings is 2. The number of hydrogen-bond acceptors (Lipinski definition) is 6. The highest BCUT2D eigenvalue weighted by molar-refractivity contribution is 9.10. The number of ether oxygens (including phenoxy) is 2. The molecule has 0 spiro atoms. The highest BCUT2D eigenvalue weighted by Crippen LogP contribution is 2.39. The maximum Gasteiger partial charge on any atom is 0.266 e. The lowest BCUT2D eigenvalue weighted by molar-refractivity contribution is -0.122. The first-order chi connectivity index (χ1) is 16.3. The molecule has 0 saturated carbocycles. The van der Waals surface area contributed by atoms with Crippen molar-refractivity contribution in [3.8, 4) is 11.5 Å². The normalized spacial score (nSPS) is 15.9. The summed E-state index contributed by atoms with van der Waals surface area (Å²) in [6.07, 6.45) is 3.68. The van der Waals surface area contributed by atoms with Crippen molar-refractivity contribution in [2.24, 2.45) is 10.7 Å². The number of amidine groups is 1. The number of nitrogens with two attached hydrogens (primary N) is 1. The minimum atomic E-state index is -0.582. The van der Waals surface area contributed by atoms with Gasteiger partial charge in [-0.15, -0.1) is 0 Å². The second-order valence-corrected chi connectivity index (χ2v) is 9.53. The molecule has 3 rings (SSSR count). The van der Waals surface area contributed by atoms with Crippen LogP contribution < -0.4 is 15.2 Å². The van der Waals surface area contributed by atoms with E-state index in [4.69, 9.17) is 20.2 Å². The minimum absolute atomic E-state index is 0.0764. The fraction of sp³-hybridized carbons (Fsp3) is 0.320. The zero-order valence-electron chi connectivity index (χ0n) is 19.5. The fourth-order valence-electron chi connectivity index (χ4n) is 3.20. The Morgan fingerprint density at radius 3 is 2.59 bits per heavy atom. The van der Waals surface area contributed by atoms with E-state index in [1.807, 2.05) is 50.3 Å². The third-order valence-electron chi connectivity index (χ3n) is 4.87. The largest absolute Gasteiger partial charge is 0.490 e. The maximum atomic E-state index is 13.2. The van der Waals surface area contributed by atoms with Gasteiger partial charge < -0.3 is 15.2 Å². The van der Waals surface area contributed by atoms with E-state index in [2.05, 4.69) is 22.9 Å². The van der Waals surface area contributed by atoms with Crippen molar-refractivity contribution in [1.29, 1.82) is 0 Å². The molecule has 34 heavy (non-hydrogen) atoms.